The van der Waals surface area contributed by atoms with Crippen LogP contribution >= 0.6 is 0 Å². The molecule has 1 aromatic rings. The molecule has 0 unspecified atom stereocenters. The fourth-order valence-corrected chi connectivity index (χ4v) is 1.35. The molecule has 0 spiro atoms. The summed E-state index contributed by atoms with van der Waals surface area (Å²) in [5, 5.41) is 9.72. The molecule has 0 aliphatic carbocycles. The minimum Gasteiger partial charge on any atom is -0.480 e. The van der Waals surface area contributed by atoms with E-state index in [1.807, 2.05) is 6.07 Å². The predicted octanol–water partition coefficient (Wildman–Crippen LogP) is 2.51. The first-order valence-corrected chi connectivity index (χ1v) is 5.49. The van der Waals surface area contributed by atoms with Crippen LogP contribution in [0.2, 0.25) is 0 Å². The number of carbonyl (C=O) groups excluding carboxylic acids is 1. The van der Waals surface area contributed by atoms with Crippen LogP contribution in [-0.2, 0) is 14.3 Å². The van der Waals surface area contributed by atoms with Crippen LogP contribution in [0, 0.1) is 0 Å². The third-order valence-electron chi connectivity index (χ3n) is 2.04. The van der Waals surface area contributed by atoms with Gasteiger partial charge in [-0.3, -0.25) is 0 Å². The van der Waals surface area contributed by atoms with Gasteiger partial charge in [0.1, 0.15) is 5.57 Å². The van der Waals surface area contributed by atoms with E-state index in [4.69, 9.17) is 9.47 Å². The Morgan fingerprint density at radius 1 is 1.12 bits per heavy atom. The molecule has 0 fully saturated rings. The molecule has 0 aromatic heterocycles. The van der Waals surface area contributed by atoms with Crippen LogP contribution in [0.5, 0.6) is 0 Å². The van der Waals surface area contributed by atoms with Gasteiger partial charge in [-0.05, 0) is 19.4 Å². The van der Waals surface area contributed by atoms with Gasteiger partial charge in [-0.15, -0.1) is 0 Å². The summed E-state index contributed by atoms with van der Waals surface area (Å²) in [4.78, 5) is 11.7. The van der Waals surface area contributed by atoms with E-state index in [2.05, 4.69) is 0 Å². The van der Waals surface area contributed by atoms with Gasteiger partial charge in [-0.2, -0.15) is 0 Å². The lowest BCUT2D eigenvalue weighted by Gasteiger charge is -2.10. The van der Waals surface area contributed by atoms with E-state index >= 15 is 0 Å². The number of benzene rings is 1. The molecule has 17 heavy (non-hydrogen) atoms. The number of hydrogen-bond acceptors (Lipinski definition) is 4. The quantitative estimate of drug-likeness (QED) is 0.485. The Morgan fingerprint density at radius 2 is 1.71 bits per heavy atom. The maximum Gasteiger partial charge on any atom is 0.346 e. The van der Waals surface area contributed by atoms with Gasteiger partial charge in [0.25, 0.3) is 5.95 Å². The minimum absolute atomic E-state index is 0.0503. The zero-order valence-electron chi connectivity index (χ0n) is 9.97. The second-order valence-corrected chi connectivity index (χ2v) is 3.20. The molecular formula is C13H16O4. The first-order chi connectivity index (χ1) is 8.20. The molecule has 1 rings (SSSR count). The Balaban J connectivity index is 3.11. The molecule has 0 aliphatic heterocycles. The minimum atomic E-state index is -0.593. The van der Waals surface area contributed by atoms with Crippen molar-refractivity contribution in [3.05, 3.63) is 41.8 Å². The molecule has 0 radical (unpaired) electrons. The molecule has 4 nitrogen and oxygen atoms in total. The van der Waals surface area contributed by atoms with Crippen molar-refractivity contribution in [2.45, 2.75) is 13.8 Å². The van der Waals surface area contributed by atoms with Crippen LogP contribution in [-0.4, -0.2) is 24.3 Å². The highest BCUT2D eigenvalue weighted by molar-refractivity contribution is 6.16. The zero-order chi connectivity index (χ0) is 12.7. The third kappa shape index (κ3) is 3.52. The van der Waals surface area contributed by atoms with E-state index in [1.165, 1.54) is 0 Å². The summed E-state index contributed by atoms with van der Waals surface area (Å²) in [7, 11) is 0. The first-order valence-electron chi connectivity index (χ1n) is 5.49. The number of esters is 1. The lowest BCUT2D eigenvalue weighted by Crippen LogP contribution is -2.11. The average Bonchev–Trinajstić information content (AvgIpc) is 2.31. The number of ether oxygens (including phenoxy) is 2. The number of aliphatic hydroxyl groups excluding tert-OH is 1. The zero-order valence-corrected chi connectivity index (χ0v) is 9.97. The number of aliphatic hydroxyl groups is 1. The fraction of sp³-hybridized carbons (Fsp3) is 0.308. The van der Waals surface area contributed by atoms with Crippen molar-refractivity contribution in [2.75, 3.05) is 13.2 Å². The summed E-state index contributed by atoms with van der Waals surface area (Å²) < 4.78 is 9.85. The summed E-state index contributed by atoms with van der Waals surface area (Å²) >= 11 is 0. The lowest BCUT2D eigenvalue weighted by molar-refractivity contribution is -0.136. The summed E-state index contributed by atoms with van der Waals surface area (Å²) in [6.07, 6.45) is 0. The van der Waals surface area contributed by atoms with Crippen molar-refractivity contribution < 1.29 is 19.4 Å². The van der Waals surface area contributed by atoms with Crippen LogP contribution < -0.4 is 0 Å². The van der Waals surface area contributed by atoms with Gasteiger partial charge in [-0.1, -0.05) is 30.3 Å². The van der Waals surface area contributed by atoms with E-state index < -0.39 is 11.9 Å². The molecule has 0 saturated heterocycles. The molecule has 0 amide bonds. The number of carbonyl (C=O) groups is 1. The van der Waals surface area contributed by atoms with Crippen LogP contribution in [0.1, 0.15) is 19.4 Å². The van der Waals surface area contributed by atoms with Gasteiger partial charge in [0, 0.05) is 0 Å². The van der Waals surface area contributed by atoms with Crippen molar-refractivity contribution in [3.8, 4) is 0 Å². The van der Waals surface area contributed by atoms with E-state index in [-0.39, 0.29) is 18.8 Å². The smallest absolute Gasteiger partial charge is 0.346 e. The van der Waals surface area contributed by atoms with Crippen molar-refractivity contribution >= 4 is 11.5 Å². The molecule has 0 bridgehead atoms. The Kier molecular flexibility index (Phi) is 5.07. The fourth-order valence-electron chi connectivity index (χ4n) is 1.35. The summed E-state index contributed by atoms with van der Waals surface area (Å²) in [5.74, 6) is -0.998. The van der Waals surface area contributed by atoms with E-state index in [9.17, 15) is 9.90 Å². The van der Waals surface area contributed by atoms with Gasteiger partial charge in [-0.25, -0.2) is 4.79 Å². The van der Waals surface area contributed by atoms with Gasteiger partial charge < -0.3 is 14.6 Å². The summed E-state index contributed by atoms with van der Waals surface area (Å²) in [5.41, 5.74) is 0.617. The number of rotatable bonds is 5. The molecule has 1 N–H and O–H groups in total. The molecule has 0 heterocycles. The molecular weight excluding hydrogens is 220 g/mol. The van der Waals surface area contributed by atoms with Crippen LogP contribution in [0.25, 0.3) is 5.57 Å². The average molecular weight is 236 g/mol. The summed E-state index contributed by atoms with van der Waals surface area (Å²) in [6, 6.07) is 8.79. The highest BCUT2D eigenvalue weighted by atomic mass is 16.6. The number of hydrogen-bond donors (Lipinski definition) is 1. The van der Waals surface area contributed by atoms with Gasteiger partial charge in [0.15, 0.2) is 0 Å². The largest absolute Gasteiger partial charge is 0.480 e. The topological polar surface area (TPSA) is 55.8 Å². The molecule has 0 aliphatic rings. The Hall–Kier alpha value is -1.97. The predicted molar refractivity (Wildman–Crippen MR) is 64.2 cm³/mol. The molecule has 0 atom stereocenters. The van der Waals surface area contributed by atoms with Crippen molar-refractivity contribution in [1.29, 1.82) is 0 Å². The summed E-state index contributed by atoms with van der Waals surface area (Å²) in [6.45, 7) is 3.96. The van der Waals surface area contributed by atoms with E-state index in [0.717, 1.165) is 0 Å². The van der Waals surface area contributed by atoms with Crippen molar-refractivity contribution in [1.82, 2.24) is 0 Å². The molecule has 4 heteroatoms. The Labute approximate surface area is 100 Å². The second kappa shape index (κ2) is 6.58. The van der Waals surface area contributed by atoms with Crippen molar-refractivity contribution in [3.63, 3.8) is 0 Å². The second-order valence-electron chi connectivity index (χ2n) is 3.20. The Morgan fingerprint density at radius 3 is 2.24 bits per heavy atom. The lowest BCUT2D eigenvalue weighted by atomic mass is 10.1. The maximum absolute atomic E-state index is 11.7. The molecule has 92 valence electrons. The van der Waals surface area contributed by atoms with Crippen molar-refractivity contribution in [2.24, 2.45) is 0 Å². The van der Waals surface area contributed by atoms with Crippen LogP contribution in [0.3, 0.4) is 0 Å². The molecule has 0 saturated carbocycles. The standard InChI is InChI=1S/C13H16O4/c1-3-16-12(14)11(13(15)17-4-2)10-8-6-5-7-9-10/h5-9,14H,3-4H2,1-2H3/b12-11+. The van der Waals surface area contributed by atoms with Gasteiger partial charge in [0.05, 0.1) is 13.2 Å². The van der Waals surface area contributed by atoms with Gasteiger partial charge >= 0.3 is 5.97 Å². The SMILES string of the molecule is CCOC(=O)/C(=C(\O)OCC)c1ccccc1. The van der Waals surface area contributed by atoms with Gasteiger partial charge in [0.2, 0.25) is 0 Å². The highest BCUT2D eigenvalue weighted by Gasteiger charge is 2.19. The Bertz CT molecular complexity index is 395. The third-order valence-corrected chi connectivity index (χ3v) is 2.04. The van der Waals surface area contributed by atoms with E-state index in [1.54, 1.807) is 38.1 Å². The van der Waals surface area contributed by atoms with E-state index in [0.29, 0.717) is 5.56 Å². The van der Waals surface area contributed by atoms with Crippen LogP contribution in [0.15, 0.2) is 36.3 Å². The monoisotopic (exact) mass is 236 g/mol. The molecule has 1 aromatic carbocycles. The highest BCUT2D eigenvalue weighted by Crippen LogP contribution is 2.19. The maximum atomic E-state index is 11.7. The van der Waals surface area contributed by atoms with Crippen LogP contribution in [0.4, 0.5) is 0 Å². The normalized spacial score (nSPS) is 11.6. The first kappa shape index (κ1) is 13.1.